The number of aliphatic hydroxyl groups is 1. The molecule has 80 valence electrons. The first-order valence-electron chi connectivity index (χ1n) is 4.38. The predicted molar refractivity (Wildman–Crippen MR) is 52.0 cm³/mol. The Labute approximate surface area is 85.9 Å². The van der Waals surface area contributed by atoms with E-state index in [9.17, 15) is 13.6 Å². The van der Waals surface area contributed by atoms with Gasteiger partial charge in [-0.1, -0.05) is 12.2 Å². The van der Waals surface area contributed by atoms with Gasteiger partial charge in [0.2, 0.25) is 0 Å². The number of hydrogen-bond donors (Lipinski definition) is 1. The maximum atomic E-state index is 13.1. The van der Waals surface area contributed by atoms with Gasteiger partial charge in [0.1, 0.15) is 17.9 Å². The molecule has 1 rings (SSSR count). The molecule has 1 aromatic carbocycles. The normalized spacial score (nSPS) is 10.9. The van der Waals surface area contributed by atoms with Crippen molar-refractivity contribution in [1.82, 2.24) is 0 Å². The lowest BCUT2D eigenvalue weighted by atomic mass is 10.1. The van der Waals surface area contributed by atoms with Gasteiger partial charge < -0.3 is 9.90 Å². The zero-order valence-electron chi connectivity index (χ0n) is 7.91. The van der Waals surface area contributed by atoms with Crippen molar-refractivity contribution in [2.75, 3.05) is 0 Å². The smallest absolute Gasteiger partial charge is 0.132 e. The Bertz CT molecular complexity index is 363. The lowest BCUT2D eigenvalue weighted by Crippen LogP contribution is -1.96. The number of aldehydes is 1. The van der Waals surface area contributed by atoms with Crippen molar-refractivity contribution in [1.29, 1.82) is 0 Å². The first kappa shape index (κ1) is 11.5. The topological polar surface area (TPSA) is 37.3 Å². The molecule has 0 saturated heterocycles. The van der Waals surface area contributed by atoms with Gasteiger partial charge in [0, 0.05) is 12.0 Å². The summed E-state index contributed by atoms with van der Waals surface area (Å²) in [6.45, 7) is -0.671. The summed E-state index contributed by atoms with van der Waals surface area (Å²) in [4.78, 5) is 10.00. The van der Waals surface area contributed by atoms with Gasteiger partial charge in [0.15, 0.2) is 0 Å². The SMILES string of the molecule is O=CCC=Cc1cc(F)c(CO)c(F)c1. The Balaban J connectivity index is 2.98. The molecule has 0 spiro atoms. The van der Waals surface area contributed by atoms with Gasteiger partial charge in [-0.2, -0.15) is 0 Å². The van der Waals surface area contributed by atoms with Crippen molar-refractivity contribution in [3.05, 3.63) is 41.0 Å². The standard InChI is InChI=1S/C11H10F2O2/c12-10-5-8(3-1-2-4-14)6-11(13)9(10)7-15/h1,3-6,15H,2,7H2. The zero-order valence-corrected chi connectivity index (χ0v) is 7.91. The molecule has 0 bridgehead atoms. The number of allylic oxidation sites excluding steroid dienone is 1. The first-order valence-corrected chi connectivity index (χ1v) is 4.38. The third kappa shape index (κ3) is 2.95. The third-order valence-electron chi connectivity index (χ3n) is 1.86. The average Bonchev–Trinajstić information content (AvgIpc) is 2.18. The van der Waals surface area contributed by atoms with Crippen LogP contribution >= 0.6 is 0 Å². The van der Waals surface area contributed by atoms with E-state index in [2.05, 4.69) is 0 Å². The lowest BCUT2D eigenvalue weighted by molar-refractivity contribution is -0.107. The highest BCUT2D eigenvalue weighted by atomic mass is 19.1. The zero-order chi connectivity index (χ0) is 11.3. The van der Waals surface area contributed by atoms with Crippen LogP contribution in [0.1, 0.15) is 17.5 Å². The quantitative estimate of drug-likeness (QED) is 0.775. The van der Waals surface area contributed by atoms with Crippen LogP contribution in [0.15, 0.2) is 18.2 Å². The molecule has 0 heterocycles. The summed E-state index contributed by atoms with van der Waals surface area (Å²) in [7, 11) is 0. The Morgan fingerprint density at radius 3 is 2.33 bits per heavy atom. The second kappa shape index (κ2) is 5.36. The van der Waals surface area contributed by atoms with E-state index in [1.807, 2.05) is 0 Å². The molecule has 15 heavy (non-hydrogen) atoms. The summed E-state index contributed by atoms with van der Waals surface area (Å²) < 4.78 is 26.2. The lowest BCUT2D eigenvalue weighted by Gasteiger charge is -2.02. The van der Waals surface area contributed by atoms with Crippen molar-refractivity contribution in [2.45, 2.75) is 13.0 Å². The largest absolute Gasteiger partial charge is 0.391 e. The molecule has 0 aliphatic carbocycles. The van der Waals surface area contributed by atoms with E-state index < -0.39 is 18.2 Å². The number of benzene rings is 1. The number of rotatable bonds is 4. The van der Waals surface area contributed by atoms with E-state index in [0.717, 1.165) is 12.1 Å². The summed E-state index contributed by atoms with van der Waals surface area (Å²) in [6, 6.07) is 2.21. The van der Waals surface area contributed by atoms with E-state index in [1.54, 1.807) is 0 Å². The minimum Gasteiger partial charge on any atom is -0.391 e. The predicted octanol–water partition coefficient (Wildman–Crippen LogP) is 2.06. The molecule has 0 aliphatic heterocycles. The van der Waals surface area contributed by atoms with Gasteiger partial charge in [-0.15, -0.1) is 0 Å². The van der Waals surface area contributed by atoms with Crippen LogP contribution in [0.5, 0.6) is 0 Å². The van der Waals surface area contributed by atoms with E-state index >= 15 is 0 Å². The van der Waals surface area contributed by atoms with Crippen LogP contribution in [-0.2, 0) is 11.4 Å². The van der Waals surface area contributed by atoms with Crippen molar-refractivity contribution >= 4 is 12.4 Å². The monoisotopic (exact) mass is 212 g/mol. The molecule has 0 fully saturated rings. The van der Waals surface area contributed by atoms with Crippen LogP contribution in [-0.4, -0.2) is 11.4 Å². The molecule has 0 radical (unpaired) electrons. The first-order chi connectivity index (χ1) is 7.19. The van der Waals surface area contributed by atoms with Gasteiger partial charge in [0.25, 0.3) is 0 Å². The molecule has 1 N–H and O–H groups in total. The second-order valence-electron chi connectivity index (χ2n) is 2.93. The molecule has 4 heteroatoms. The van der Waals surface area contributed by atoms with E-state index in [1.165, 1.54) is 12.2 Å². The van der Waals surface area contributed by atoms with Crippen molar-refractivity contribution < 1.29 is 18.7 Å². The van der Waals surface area contributed by atoms with Gasteiger partial charge >= 0.3 is 0 Å². The Morgan fingerprint density at radius 2 is 1.87 bits per heavy atom. The minimum absolute atomic E-state index is 0.199. The number of hydrogen-bond acceptors (Lipinski definition) is 2. The molecular weight excluding hydrogens is 202 g/mol. The highest BCUT2D eigenvalue weighted by Gasteiger charge is 2.08. The third-order valence-corrected chi connectivity index (χ3v) is 1.86. The molecule has 2 nitrogen and oxygen atoms in total. The maximum Gasteiger partial charge on any atom is 0.132 e. The summed E-state index contributed by atoms with van der Waals surface area (Å²) in [5.41, 5.74) is -0.0217. The van der Waals surface area contributed by atoms with Gasteiger partial charge in [-0.3, -0.25) is 0 Å². The van der Waals surface area contributed by atoms with Gasteiger partial charge in [0.05, 0.1) is 6.61 Å². The van der Waals surface area contributed by atoms with E-state index in [-0.39, 0.29) is 12.0 Å². The molecule has 0 unspecified atom stereocenters. The summed E-state index contributed by atoms with van der Waals surface area (Å²) in [5, 5.41) is 8.66. The molecular formula is C11H10F2O2. The minimum atomic E-state index is -0.789. The second-order valence-corrected chi connectivity index (χ2v) is 2.93. The number of carbonyl (C=O) groups is 1. The molecule has 0 atom stereocenters. The highest BCUT2D eigenvalue weighted by molar-refractivity contribution is 5.58. The van der Waals surface area contributed by atoms with Crippen molar-refractivity contribution in [2.24, 2.45) is 0 Å². The summed E-state index contributed by atoms with van der Waals surface area (Å²) >= 11 is 0. The van der Waals surface area contributed by atoms with Crippen LogP contribution in [0.25, 0.3) is 6.08 Å². The maximum absolute atomic E-state index is 13.1. The van der Waals surface area contributed by atoms with Crippen LogP contribution < -0.4 is 0 Å². The fraction of sp³-hybridized carbons (Fsp3) is 0.182. The fourth-order valence-electron chi connectivity index (χ4n) is 1.13. The number of carbonyl (C=O) groups excluding carboxylic acids is 1. The Kier molecular flexibility index (Phi) is 4.12. The molecule has 0 aromatic heterocycles. The Morgan fingerprint density at radius 1 is 1.27 bits per heavy atom. The molecule has 0 aliphatic rings. The van der Waals surface area contributed by atoms with Crippen molar-refractivity contribution in [3.63, 3.8) is 0 Å². The van der Waals surface area contributed by atoms with Crippen molar-refractivity contribution in [3.8, 4) is 0 Å². The van der Waals surface area contributed by atoms with E-state index in [0.29, 0.717) is 11.8 Å². The van der Waals surface area contributed by atoms with Crippen LogP contribution in [0.4, 0.5) is 8.78 Å². The summed E-state index contributed by atoms with van der Waals surface area (Å²) in [5.74, 6) is -1.58. The van der Waals surface area contributed by atoms with Crippen LogP contribution in [0, 0.1) is 11.6 Å². The van der Waals surface area contributed by atoms with Crippen LogP contribution in [0.2, 0.25) is 0 Å². The van der Waals surface area contributed by atoms with Gasteiger partial charge in [-0.05, 0) is 17.7 Å². The number of aliphatic hydroxyl groups excluding tert-OH is 1. The van der Waals surface area contributed by atoms with E-state index in [4.69, 9.17) is 5.11 Å². The molecule has 1 aromatic rings. The average molecular weight is 212 g/mol. The van der Waals surface area contributed by atoms with Gasteiger partial charge in [-0.25, -0.2) is 8.78 Å². The molecule has 0 saturated carbocycles. The fourth-order valence-corrected chi connectivity index (χ4v) is 1.13. The Hall–Kier alpha value is -1.55. The number of halogens is 2. The van der Waals surface area contributed by atoms with Crippen LogP contribution in [0.3, 0.4) is 0 Å². The highest BCUT2D eigenvalue weighted by Crippen LogP contribution is 2.16. The molecule has 0 amide bonds. The summed E-state index contributed by atoms with van der Waals surface area (Å²) in [6.07, 6.45) is 3.83.